The van der Waals surface area contributed by atoms with Crippen molar-refractivity contribution >= 4 is 0 Å². The van der Waals surface area contributed by atoms with Gasteiger partial charge in [0.15, 0.2) is 0 Å². The smallest absolute Gasteiger partial charge is 0.00207 e. The van der Waals surface area contributed by atoms with Crippen LogP contribution in [0.15, 0.2) is 48.6 Å². The van der Waals surface area contributed by atoms with Crippen LogP contribution in [0.2, 0.25) is 0 Å². The number of hydrogen-bond acceptors (Lipinski definition) is 0. The first-order valence-electron chi connectivity index (χ1n) is 5.70. The molecule has 0 radical (unpaired) electrons. The first-order chi connectivity index (χ1) is 7.02. The van der Waals surface area contributed by atoms with Crippen LogP contribution < -0.4 is 0 Å². The molecule has 1 aliphatic carbocycles. The molecule has 0 spiro atoms. The van der Waals surface area contributed by atoms with E-state index in [0.717, 1.165) is 0 Å². The van der Waals surface area contributed by atoms with Crippen molar-refractivity contribution in [3.63, 3.8) is 0 Å². The molecule has 0 aromatic carbocycles. The molecular formula is C15H22. The fourth-order valence-corrected chi connectivity index (χ4v) is 2.21. The molecule has 0 saturated carbocycles. The highest BCUT2D eigenvalue weighted by molar-refractivity contribution is 5.28. The molecule has 15 heavy (non-hydrogen) atoms. The van der Waals surface area contributed by atoms with Gasteiger partial charge in [-0.3, -0.25) is 0 Å². The SMILES string of the molecule is C=C1/C=C\C=C/C(C)C(C)(/C=C\C)C1C. The minimum absolute atomic E-state index is 0.174. The van der Waals surface area contributed by atoms with E-state index in [-0.39, 0.29) is 5.41 Å². The van der Waals surface area contributed by atoms with Gasteiger partial charge in [-0.15, -0.1) is 0 Å². The minimum Gasteiger partial charge on any atom is -0.0955 e. The average molecular weight is 202 g/mol. The lowest BCUT2D eigenvalue weighted by molar-refractivity contribution is 0.245. The second-order valence-corrected chi connectivity index (χ2v) is 4.70. The third-order valence-electron chi connectivity index (χ3n) is 3.82. The highest BCUT2D eigenvalue weighted by atomic mass is 14.4. The maximum absolute atomic E-state index is 4.15. The summed E-state index contributed by atoms with van der Waals surface area (Å²) in [4.78, 5) is 0. The van der Waals surface area contributed by atoms with Gasteiger partial charge in [-0.2, -0.15) is 0 Å². The average Bonchev–Trinajstić information content (AvgIpc) is 2.21. The molecule has 0 N–H and O–H groups in total. The molecule has 1 rings (SSSR count). The van der Waals surface area contributed by atoms with E-state index in [1.165, 1.54) is 5.57 Å². The van der Waals surface area contributed by atoms with Gasteiger partial charge in [-0.1, -0.05) is 69.4 Å². The van der Waals surface area contributed by atoms with Crippen LogP contribution in [-0.4, -0.2) is 0 Å². The summed E-state index contributed by atoms with van der Waals surface area (Å²) >= 11 is 0. The molecule has 1 aliphatic rings. The summed E-state index contributed by atoms with van der Waals surface area (Å²) in [6, 6.07) is 0. The Bertz CT molecular complexity index is 317. The predicted octanol–water partition coefficient (Wildman–Crippen LogP) is 4.52. The van der Waals surface area contributed by atoms with E-state index in [0.29, 0.717) is 11.8 Å². The maximum Gasteiger partial charge on any atom is -0.00207 e. The molecule has 0 nitrogen and oxygen atoms in total. The topological polar surface area (TPSA) is 0 Å². The van der Waals surface area contributed by atoms with Gasteiger partial charge in [0.05, 0.1) is 0 Å². The Hall–Kier alpha value is -1.04. The molecule has 0 aromatic rings. The third kappa shape index (κ3) is 2.31. The Balaban J connectivity index is 3.15. The highest BCUT2D eigenvalue weighted by Gasteiger charge is 2.34. The lowest BCUT2D eigenvalue weighted by atomic mass is 9.66. The molecule has 0 aliphatic heterocycles. The van der Waals surface area contributed by atoms with Gasteiger partial charge in [-0.05, 0) is 24.2 Å². The molecule has 0 bridgehead atoms. The van der Waals surface area contributed by atoms with E-state index in [9.17, 15) is 0 Å². The quantitative estimate of drug-likeness (QED) is 0.548. The largest absolute Gasteiger partial charge is 0.0955 e. The summed E-state index contributed by atoms with van der Waals surface area (Å²) in [6.07, 6.45) is 13.1. The zero-order valence-corrected chi connectivity index (χ0v) is 10.3. The van der Waals surface area contributed by atoms with Crippen LogP contribution in [0, 0.1) is 17.3 Å². The van der Waals surface area contributed by atoms with Gasteiger partial charge in [-0.25, -0.2) is 0 Å². The molecule has 0 heteroatoms. The van der Waals surface area contributed by atoms with Gasteiger partial charge in [0, 0.05) is 0 Å². The number of hydrogen-bond donors (Lipinski definition) is 0. The van der Waals surface area contributed by atoms with Gasteiger partial charge in [0.2, 0.25) is 0 Å². The van der Waals surface area contributed by atoms with E-state index < -0.39 is 0 Å². The molecule has 0 amide bonds. The Kier molecular flexibility index (Phi) is 3.73. The first-order valence-corrected chi connectivity index (χ1v) is 5.70. The second-order valence-electron chi connectivity index (χ2n) is 4.70. The van der Waals surface area contributed by atoms with Crippen LogP contribution >= 0.6 is 0 Å². The van der Waals surface area contributed by atoms with E-state index in [1.807, 2.05) is 0 Å². The molecule has 3 atom stereocenters. The van der Waals surface area contributed by atoms with Crippen molar-refractivity contribution in [1.29, 1.82) is 0 Å². The normalized spacial score (nSPS) is 41.2. The van der Waals surface area contributed by atoms with Crippen molar-refractivity contribution in [2.24, 2.45) is 17.3 Å². The summed E-state index contributed by atoms with van der Waals surface area (Å²) < 4.78 is 0. The summed E-state index contributed by atoms with van der Waals surface area (Å²) in [5.74, 6) is 1.01. The van der Waals surface area contributed by atoms with Gasteiger partial charge in [0.25, 0.3) is 0 Å². The van der Waals surface area contributed by atoms with E-state index in [1.54, 1.807) is 0 Å². The molecular weight excluding hydrogens is 180 g/mol. The minimum atomic E-state index is 0.174. The Morgan fingerprint density at radius 2 is 2.00 bits per heavy atom. The Labute approximate surface area is 94.1 Å². The van der Waals surface area contributed by atoms with Gasteiger partial charge < -0.3 is 0 Å². The Morgan fingerprint density at radius 1 is 1.33 bits per heavy atom. The summed E-state index contributed by atoms with van der Waals surface area (Å²) in [7, 11) is 0. The zero-order chi connectivity index (χ0) is 11.5. The van der Waals surface area contributed by atoms with Crippen LogP contribution in [0.1, 0.15) is 27.7 Å². The van der Waals surface area contributed by atoms with E-state index in [2.05, 4.69) is 70.7 Å². The summed E-state index contributed by atoms with van der Waals surface area (Å²) in [5.41, 5.74) is 1.39. The highest BCUT2D eigenvalue weighted by Crippen LogP contribution is 2.42. The van der Waals surface area contributed by atoms with Crippen LogP contribution in [0.4, 0.5) is 0 Å². The van der Waals surface area contributed by atoms with Crippen LogP contribution in [0.25, 0.3) is 0 Å². The molecule has 0 heterocycles. The first kappa shape index (κ1) is 12.0. The molecule has 82 valence electrons. The molecule has 0 aromatic heterocycles. The standard InChI is InChI=1S/C15H22/c1-6-11-15(5)13(3)10-8-7-9-12(2)14(15)4/h6-11,13-14H,2H2,1,3-5H3/b9-7-,10-8-,11-6-. The van der Waals surface area contributed by atoms with E-state index in [4.69, 9.17) is 0 Å². The number of rotatable bonds is 1. The number of allylic oxidation sites excluding steroid dienone is 7. The summed E-state index contributed by atoms with van der Waals surface area (Å²) in [6.45, 7) is 13.1. The maximum atomic E-state index is 4.15. The third-order valence-corrected chi connectivity index (χ3v) is 3.82. The molecule has 3 unspecified atom stereocenters. The van der Waals surface area contributed by atoms with Crippen molar-refractivity contribution < 1.29 is 0 Å². The van der Waals surface area contributed by atoms with Crippen LogP contribution in [-0.2, 0) is 0 Å². The van der Waals surface area contributed by atoms with E-state index >= 15 is 0 Å². The lowest BCUT2D eigenvalue weighted by Crippen LogP contribution is -2.30. The van der Waals surface area contributed by atoms with Crippen molar-refractivity contribution in [3.05, 3.63) is 48.6 Å². The molecule has 0 saturated heterocycles. The predicted molar refractivity (Wildman–Crippen MR) is 68.7 cm³/mol. The fourth-order valence-electron chi connectivity index (χ4n) is 2.21. The van der Waals surface area contributed by atoms with Crippen LogP contribution in [0.3, 0.4) is 0 Å². The fraction of sp³-hybridized carbons (Fsp3) is 0.467. The lowest BCUT2D eigenvalue weighted by Gasteiger charge is -2.38. The molecule has 0 fully saturated rings. The van der Waals surface area contributed by atoms with Crippen molar-refractivity contribution in [3.8, 4) is 0 Å². The van der Waals surface area contributed by atoms with Gasteiger partial charge in [0.1, 0.15) is 0 Å². The monoisotopic (exact) mass is 202 g/mol. The van der Waals surface area contributed by atoms with Crippen LogP contribution in [0.5, 0.6) is 0 Å². The zero-order valence-electron chi connectivity index (χ0n) is 10.3. The summed E-state index contributed by atoms with van der Waals surface area (Å²) in [5, 5.41) is 0. The Morgan fingerprint density at radius 3 is 2.60 bits per heavy atom. The van der Waals surface area contributed by atoms with Gasteiger partial charge >= 0.3 is 0 Å². The van der Waals surface area contributed by atoms with Crippen molar-refractivity contribution in [2.45, 2.75) is 27.7 Å². The van der Waals surface area contributed by atoms with Crippen molar-refractivity contribution in [1.82, 2.24) is 0 Å². The second kappa shape index (κ2) is 4.65. The van der Waals surface area contributed by atoms with Crippen molar-refractivity contribution in [2.75, 3.05) is 0 Å².